The summed E-state index contributed by atoms with van der Waals surface area (Å²) in [7, 11) is 1.42. The van der Waals surface area contributed by atoms with Gasteiger partial charge in [-0.3, -0.25) is 0 Å². The quantitative estimate of drug-likeness (QED) is 0.320. The summed E-state index contributed by atoms with van der Waals surface area (Å²) in [6, 6.07) is 0. The molecule has 1 atom stereocenters. The standard InChI is InChI=1S/C10H10BF5/c1-3-10(2,11)4-5(12)7(14)9(16)8(15)6(4)13/h3,11H2,1-2H3. The lowest BCUT2D eigenvalue weighted by Crippen LogP contribution is -2.26. The lowest BCUT2D eigenvalue weighted by Gasteiger charge is -2.24. The van der Waals surface area contributed by atoms with E-state index in [4.69, 9.17) is 0 Å². The molecule has 0 saturated heterocycles. The van der Waals surface area contributed by atoms with Crippen LogP contribution < -0.4 is 0 Å². The summed E-state index contributed by atoms with van der Waals surface area (Å²) in [5.74, 6) is -9.40. The molecule has 0 aliphatic carbocycles. The molecule has 0 amide bonds. The van der Waals surface area contributed by atoms with Crippen molar-refractivity contribution in [3.05, 3.63) is 34.6 Å². The van der Waals surface area contributed by atoms with Gasteiger partial charge in [0.1, 0.15) is 7.85 Å². The molecule has 16 heavy (non-hydrogen) atoms. The van der Waals surface area contributed by atoms with E-state index in [1.807, 2.05) is 0 Å². The van der Waals surface area contributed by atoms with E-state index in [1.165, 1.54) is 14.8 Å². The first-order chi connectivity index (χ1) is 7.24. The van der Waals surface area contributed by atoms with Gasteiger partial charge in [0.2, 0.25) is 5.82 Å². The molecule has 6 heteroatoms. The third-order valence-electron chi connectivity index (χ3n) is 2.77. The molecule has 0 fully saturated rings. The molecule has 1 aromatic carbocycles. The number of benzene rings is 1. The van der Waals surface area contributed by atoms with Crippen LogP contribution in [0.4, 0.5) is 22.0 Å². The Morgan fingerprint density at radius 3 is 1.50 bits per heavy atom. The lowest BCUT2D eigenvalue weighted by atomic mass is 9.63. The second kappa shape index (κ2) is 4.07. The molecule has 88 valence electrons. The lowest BCUT2D eigenvalue weighted by molar-refractivity contribution is 0.359. The largest absolute Gasteiger partial charge is 0.203 e. The van der Waals surface area contributed by atoms with Gasteiger partial charge in [-0.25, -0.2) is 22.0 Å². The van der Waals surface area contributed by atoms with Gasteiger partial charge in [-0.15, -0.1) is 0 Å². The van der Waals surface area contributed by atoms with Crippen molar-refractivity contribution in [2.45, 2.75) is 25.6 Å². The van der Waals surface area contributed by atoms with Gasteiger partial charge in [0.15, 0.2) is 23.3 Å². The van der Waals surface area contributed by atoms with Gasteiger partial charge in [-0.05, 0) is 5.31 Å². The predicted molar refractivity (Wildman–Crippen MR) is 52.4 cm³/mol. The van der Waals surface area contributed by atoms with Crippen molar-refractivity contribution in [1.29, 1.82) is 0 Å². The highest BCUT2D eigenvalue weighted by molar-refractivity contribution is 6.15. The first kappa shape index (κ1) is 13.0. The second-order valence-corrected chi connectivity index (χ2v) is 4.18. The van der Waals surface area contributed by atoms with Crippen molar-refractivity contribution in [3.63, 3.8) is 0 Å². The van der Waals surface area contributed by atoms with Gasteiger partial charge in [-0.2, -0.15) is 0 Å². The van der Waals surface area contributed by atoms with E-state index in [-0.39, 0.29) is 6.42 Å². The SMILES string of the molecule is BC(C)(CC)c1c(F)c(F)c(F)c(F)c1F. The van der Waals surface area contributed by atoms with Crippen LogP contribution in [0.15, 0.2) is 0 Å². The molecule has 1 rings (SSSR count). The predicted octanol–water partition coefficient (Wildman–Crippen LogP) is 2.64. The average molecular weight is 236 g/mol. The molecule has 0 aliphatic heterocycles. The Bertz CT molecular complexity index is 399. The molecular formula is C10H10BF5. The van der Waals surface area contributed by atoms with Gasteiger partial charge in [0.05, 0.1) is 0 Å². The zero-order valence-corrected chi connectivity index (χ0v) is 9.10. The molecule has 0 heterocycles. The van der Waals surface area contributed by atoms with Crippen LogP contribution in [0.2, 0.25) is 0 Å². The van der Waals surface area contributed by atoms with Crippen LogP contribution in [0.3, 0.4) is 0 Å². The van der Waals surface area contributed by atoms with E-state index >= 15 is 0 Å². The van der Waals surface area contributed by atoms with Gasteiger partial charge in [-0.1, -0.05) is 20.3 Å². The maximum Gasteiger partial charge on any atom is 0.200 e. The van der Waals surface area contributed by atoms with Crippen LogP contribution in [0.25, 0.3) is 0 Å². The summed E-state index contributed by atoms with van der Waals surface area (Å²) in [5.41, 5.74) is -0.758. The Hall–Kier alpha value is -1.07. The van der Waals surface area contributed by atoms with Crippen LogP contribution in [0, 0.1) is 29.1 Å². The fourth-order valence-corrected chi connectivity index (χ4v) is 1.38. The van der Waals surface area contributed by atoms with Gasteiger partial charge in [0.25, 0.3) is 0 Å². The molecule has 0 nitrogen and oxygen atoms in total. The third kappa shape index (κ3) is 1.81. The highest BCUT2D eigenvalue weighted by Crippen LogP contribution is 2.32. The molecule has 0 aliphatic rings. The fourth-order valence-electron chi connectivity index (χ4n) is 1.38. The van der Waals surface area contributed by atoms with Crippen molar-refractivity contribution in [2.24, 2.45) is 0 Å². The molecule has 0 N–H and O–H groups in total. The molecule has 0 radical (unpaired) electrons. The van der Waals surface area contributed by atoms with E-state index in [2.05, 4.69) is 0 Å². The summed E-state index contributed by atoms with van der Waals surface area (Å²) in [4.78, 5) is 0. The first-order valence-electron chi connectivity index (χ1n) is 4.76. The molecule has 0 bridgehead atoms. The third-order valence-corrected chi connectivity index (χ3v) is 2.77. The summed E-state index contributed by atoms with van der Waals surface area (Å²) in [5, 5.41) is -1.11. The van der Waals surface area contributed by atoms with Crippen molar-refractivity contribution < 1.29 is 22.0 Å². The maximum absolute atomic E-state index is 13.4. The molecule has 1 unspecified atom stereocenters. The Labute approximate surface area is 90.9 Å². The summed E-state index contributed by atoms with van der Waals surface area (Å²) in [6.07, 6.45) is 0.255. The number of rotatable bonds is 2. The normalized spacial score (nSPS) is 14.9. The van der Waals surface area contributed by atoms with E-state index in [1.54, 1.807) is 6.92 Å². The van der Waals surface area contributed by atoms with Crippen LogP contribution in [-0.2, 0) is 5.31 Å². The number of hydrogen-bond donors (Lipinski definition) is 0. The van der Waals surface area contributed by atoms with Crippen molar-refractivity contribution in [3.8, 4) is 0 Å². The van der Waals surface area contributed by atoms with E-state index in [0.29, 0.717) is 0 Å². The van der Waals surface area contributed by atoms with Crippen molar-refractivity contribution in [2.75, 3.05) is 0 Å². The fraction of sp³-hybridized carbons (Fsp3) is 0.400. The van der Waals surface area contributed by atoms with Crippen molar-refractivity contribution in [1.82, 2.24) is 0 Å². The smallest absolute Gasteiger partial charge is 0.200 e. The summed E-state index contributed by atoms with van der Waals surface area (Å²) >= 11 is 0. The Kier molecular flexibility index (Phi) is 3.31. The number of hydrogen-bond acceptors (Lipinski definition) is 0. The second-order valence-electron chi connectivity index (χ2n) is 4.18. The highest BCUT2D eigenvalue weighted by Gasteiger charge is 2.33. The highest BCUT2D eigenvalue weighted by atomic mass is 19.2. The molecule has 0 spiro atoms. The first-order valence-corrected chi connectivity index (χ1v) is 4.76. The zero-order chi connectivity index (χ0) is 12.7. The number of halogens is 5. The van der Waals surface area contributed by atoms with Crippen LogP contribution in [-0.4, -0.2) is 7.85 Å². The minimum absolute atomic E-state index is 0.255. The molecule has 0 aromatic heterocycles. The average Bonchev–Trinajstić information content (AvgIpc) is 2.23. The minimum Gasteiger partial charge on any atom is -0.203 e. The topological polar surface area (TPSA) is 0 Å². The summed E-state index contributed by atoms with van der Waals surface area (Å²) in [6.45, 7) is 3.03. The zero-order valence-electron chi connectivity index (χ0n) is 9.10. The van der Waals surface area contributed by atoms with E-state index in [0.717, 1.165) is 0 Å². The minimum atomic E-state index is -2.12. The van der Waals surface area contributed by atoms with E-state index < -0.39 is 40.0 Å². The monoisotopic (exact) mass is 236 g/mol. The van der Waals surface area contributed by atoms with Gasteiger partial charge < -0.3 is 0 Å². The van der Waals surface area contributed by atoms with Crippen LogP contribution in [0.1, 0.15) is 25.8 Å². The Morgan fingerprint density at radius 1 is 0.875 bits per heavy atom. The molecule has 0 saturated carbocycles. The molecular weight excluding hydrogens is 226 g/mol. The Balaban J connectivity index is 3.65. The molecule has 1 aromatic rings. The van der Waals surface area contributed by atoms with Gasteiger partial charge >= 0.3 is 0 Å². The maximum atomic E-state index is 13.4. The van der Waals surface area contributed by atoms with E-state index in [9.17, 15) is 22.0 Å². The Morgan fingerprint density at radius 2 is 1.19 bits per heavy atom. The van der Waals surface area contributed by atoms with Crippen LogP contribution in [0.5, 0.6) is 0 Å². The van der Waals surface area contributed by atoms with Crippen LogP contribution >= 0.6 is 0 Å². The summed E-state index contributed by atoms with van der Waals surface area (Å²) < 4.78 is 65.3. The van der Waals surface area contributed by atoms with Crippen molar-refractivity contribution >= 4 is 7.85 Å². The van der Waals surface area contributed by atoms with Gasteiger partial charge in [0, 0.05) is 5.56 Å².